The molecule has 1 fully saturated rings. The third-order valence-electron chi connectivity index (χ3n) is 6.64. The molecule has 3 heterocycles. The molecule has 1 aliphatic heterocycles. The number of hydrogen-bond acceptors (Lipinski definition) is 8. The van der Waals surface area contributed by atoms with Gasteiger partial charge < -0.3 is 15.4 Å². The molecule has 3 N–H and O–H groups in total. The first-order chi connectivity index (χ1) is 18.7. The Morgan fingerprint density at radius 3 is 2.41 bits per heavy atom. The molecule has 0 bridgehead atoms. The van der Waals surface area contributed by atoms with Crippen LogP contribution >= 0.6 is 22.7 Å². The maximum atomic E-state index is 11.1. The van der Waals surface area contributed by atoms with Crippen molar-refractivity contribution >= 4 is 28.6 Å². The number of likely N-dealkylation sites (tertiary alicyclic amines) is 1. The van der Waals surface area contributed by atoms with Crippen LogP contribution in [0.5, 0.6) is 5.75 Å². The number of aromatic amines is 1. The Kier molecular flexibility index (Phi) is 9.66. The van der Waals surface area contributed by atoms with Crippen LogP contribution in [0, 0.1) is 0 Å². The van der Waals surface area contributed by atoms with Crippen molar-refractivity contribution in [3.63, 3.8) is 0 Å². The van der Waals surface area contributed by atoms with Gasteiger partial charge in [0.25, 0.3) is 0 Å². The van der Waals surface area contributed by atoms with E-state index < -0.39 is 5.91 Å². The van der Waals surface area contributed by atoms with E-state index in [-0.39, 0.29) is 4.87 Å². The number of aromatic nitrogens is 3. The topological polar surface area (TPSA) is 114 Å². The molecule has 1 atom stereocenters. The molecule has 2 aromatic carbocycles. The number of carbonyl (C=O) groups is 1. The fourth-order valence-corrected chi connectivity index (χ4v) is 6.12. The number of nitrogens with two attached hydrogens (primary N) is 1. The third-order valence-corrected chi connectivity index (χ3v) is 8.67. The second-order valence-corrected chi connectivity index (χ2v) is 12.0. The molecule has 5 rings (SSSR count). The number of H-pyrrole nitrogens is 1. The van der Waals surface area contributed by atoms with Crippen LogP contribution in [0.3, 0.4) is 0 Å². The third kappa shape index (κ3) is 7.62. The Balaban J connectivity index is 0.000000243. The van der Waals surface area contributed by atoms with Crippen LogP contribution in [0.15, 0.2) is 53.3 Å². The molecule has 8 nitrogen and oxygen atoms in total. The predicted molar refractivity (Wildman–Crippen MR) is 158 cm³/mol. The minimum atomic E-state index is -0.439. The fraction of sp³-hybridized carbons (Fsp3) is 0.379. The summed E-state index contributed by atoms with van der Waals surface area (Å²) in [5.41, 5.74) is 9.27. The molecule has 10 heteroatoms. The first kappa shape index (κ1) is 28.7. The van der Waals surface area contributed by atoms with Gasteiger partial charge in [0.2, 0.25) is 5.91 Å². The Bertz CT molecular complexity index is 1420. The number of rotatable bonds is 8. The number of likely N-dealkylation sites (N-methyl/N-ethyl adjacent to an activating group) is 1. The van der Waals surface area contributed by atoms with Crippen LogP contribution in [-0.4, -0.2) is 46.1 Å². The van der Waals surface area contributed by atoms with E-state index in [0.717, 1.165) is 52.1 Å². The van der Waals surface area contributed by atoms with Crippen LogP contribution in [0.2, 0.25) is 0 Å². The molecule has 0 saturated carbocycles. The lowest BCUT2D eigenvalue weighted by Crippen LogP contribution is -2.13. The van der Waals surface area contributed by atoms with Gasteiger partial charge in [-0.15, -0.1) is 11.3 Å². The standard InChI is InChI=1S/C22H24N2O2S.C7H11N3OS/c1-4-19-20(13-26-18-11-9-16(10-12-18)21(23)25)27-22(24-19)17-7-5-15(6-8-17)14(2)3;1-10-3-2-5(4-10)6-8-9-7(11)12-6/h5-12,14H,4,13H2,1-3H3,(H2,23,25);5H,2-4H2,1H3,(H,9,11)/t;5-/m.1/s1. The van der Waals surface area contributed by atoms with Gasteiger partial charge in [0, 0.05) is 23.6 Å². The molecule has 0 aliphatic carbocycles. The Morgan fingerprint density at radius 2 is 1.87 bits per heavy atom. The van der Waals surface area contributed by atoms with Crippen molar-refractivity contribution in [3.8, 4) is 16.3 Å². The van der Waals surface area contributed by atoms with E-state index in [1.54, 1.807) is 35.6 Å². The van der Waals surface area contributed by atoms with Crippen molar-refractivity contribution in [3.05, 3.63) is 84.9 Å². The molecule has 4 aromatic rings. The number of benzene rings is 2. The van der Waals surface area contributed by atoms with E-state index in [2.05, 4.69) is 67.2 Å². The zero-order valence-corrected chi connectivity index (χ0v) is 24.4. The molecule has 206 valence electrons. The predicted octanol–water partition coefficient (Wildman–Crippen LogP) is 5.42. The van der Waals surface area contributed by atoms with Crippen LogP contribution in [0.4, 0.5) is 0 Å². The highest BCUT2D eigenvalue weighted by molar-refractivity contribution is 7.15. The van der Waals surface area contributed by atoms with E-state index in [9.17, 15) is 9.59 Å². The van der Waals surface area contributed by atoms with E-state index in [1.165, 1.54) is 16.9 Å². The average molecular weight is 566 g/mol. The minimum Gasteiger partial charge on any atom is -0.488 e. The molecule has 39 heavy (non-hydrogen) atoms. The van der Waals surface area contributed by atoms with Crippen LogP contribution in [0.25, 0.3) is 10.6 Å². The van der Waals surface area contributed by atoms with Gasteiger partial charge in [-0.25, -0.2) is 10.1 Å². The number of thiazole rings is 1. The molecular weight excluding hydrogens is 530 g/mol. The SMILES string of the molecule is CCc1nc(-c2ccc(C(C)C)cc2)sc1COc1ccc(C(N)=O)cc1.CN1CC[C@@H](c2n[nH]c(=O)s2)C1. The van der Waals surface area contributed by atoms with E-state index in [0.29, 0.717) is 29.8 Å². The number of carbonyl (C=O) groups excluding carboxylic acids is 1. The number of ether oxygens (including phenoxy) is 1. The first-order valence-electron chi connectivity index (χ1n) is 13.1. The minimum absolute atomic E-state index is 0.0421. The van der Waals surface area contributed by atoms with Gasteiger partial charge in [-0.3, -0.25) is 9.59 Å². The number of aryl methyl sites for hydroxylation is 1. The van der Waals surface area contributed by atoms with E-state index in [1.807, 2.05) is 0 Å². The van der Waals surface area contributed by atoms with Gasteiger partial charge in [-0.1, -0.05) is 56.4 Å². The van der Waals surface area contributed by atoms with Crippen molar-refractivity contribution in [1.82, 2.24) is 20.1 Å². The maximum absolute atomic E-state index is 11.1. The van der Waals surface area contributed by atoms with Gasteiger partial charge in [0.05, 0.1) is 10.6 Å². The molecule has 0 radical (unpaired) electrons. The lowest BCUT2D eigenvalue weighted by Gasteiger charge is -2.06. The largest absolute Gasteiger partial charge is 0.488 e. The van der Waals surface area contributed by atoms with Gasteiger partial charge in [0.1, 0.15) is 22.4 Å². The van der Waals surface area contributed by atoms with Crippen molar-refractivity contribution in [2.24, 2.45) is 5.73 Å². The Labute approximate surface area is 236 Å². The highest BCUT2D eigenvalue weighted by atomic mass is 32.1. The van der Waals surface area contributed by atoms with Crippen molar-refractivity contribution in [2.75, 3.05) is 20.1 Å². The van der Waals surface area contributed by atoms with Crippen LogP contribution < -0.4 is 15.3 Å². The number of hydrogen-bond donors (Lipinski definition) is 2. The van der Waals surface area contributed by atoms with E-state index in [4.69, 9.17) is 15.5 Å². The monoisotopic (exact) mass is 565 g/mol. The number of nitrogens with zero attached hydrogens (tertiary/aromatic N) is 3. The van der Waals surface area contributed by atoms with Crippen molar-refractivity contribution < 1.29 is 9.53 Å². The summed E-state index contributed by atoms with van der Waals surface area (Å²) in [5.74, 6) is 1.26. The summed E-state index contributed by atoms with van der Waals surface area (Å²) in [6.45, 7) is 9.09. The van der Waals surface area contributed by atoms with E-state index >= 15 is 0 Å². The van der Waals surface area contributed by atoms with Gasteiger partial charge in [0.15, 0.2) is 0 Å². The first-order valence-corrected chi connectivity index (χ1v) is 14.7. The summed E-state index contributed by atoms with van der Waals surface area (Å²) >= 11 is 2.91. The molecule has 1 saturated heterocycles. The van der Waals surface area contributed by atoms with Crippen LogP contribution in [-0.2, 0) is 13.0 Å². The quantitative estimate of drug-likeness (QED) is 0.295. The van der Waals surface area contributed by atoms with Gasteiger partial charge in [-0.2, -0.15) is 5.10 Å². The van der Waals surface area contributed by atoms with Gasteiger partial charge in [-0.05, 0) is 62.2 Å². The number of nitrogens with one attached hydrogen (secondary N) is 1. The number of primary amides is 1. The highest BCUT2D eigenvalue weighted by Crippen LogP contribution is 2.31. The maximum Gasteiger partial charge on any atom is 0.322 e. The summed E-state index contributed by atoms with van der Waals surface area (Å²) in [6, 6.07) is 15.5. The summed E-state index contributed by atoms with van der Waals surface area (Å²) in [5, 5.41) is 8.42. The lowest BCUT2D eigenvalue weighted by atomic mass is 10.0. The summed E-state index contributed by atoms with van der Waals surface area (Å²) in [6.07, 6.45) is 1.98. The second kappa shape index (κ2) is 13.1. The van der Waals surface area contributed by atoms with Crippen molar-refractivity contribution in [2.45, 2.75) is 52.1 Å². The highest BCUT2D eigenvalue weighted by Gasteiger charge is 2.23. The normalized spacial score (nSPS) is 15.3. The molecule has 2 aromatic heterocycles. The van der Waals surface area contributed by atoms with Crippen molar-refractivity contribution in [1.29, 1.82) is 0 Å². The fourth-order valence-electron chi connectivity index (χ4n) is 4.32. The summed E-state index contributed by atoms with van der Waals surface area (Å²) in [7, 11) is 2.09. The Morgan fingerprint density at radius 1 is 1.15 bits per heavy atom. The molecular formula is C29H35N5O3S2. The lowest BCUT2D eigenvalue weighted by molar-refractivity contribution is 0.1000. The molecule has 0 spiro atoms. The second-order valence-electron chi connectivity index (χ2n) is 9.90. The van der Waals surface area contributed by atoms with Crippen LogP contribution in [0.1, 0.15) is 70.5 Å². The molecule has 1 amide bonds. The zero-order valence-electron chi connectivity index (χ0n) is 22.8. The Hall–Kier alpha value is -3.34. The zero-order chi connectivity index (χ0) is 27.9. The molecule has 0 unspecified atom stereocenters. The van der Waals surface area contributed by atoms with Gasteiger partial charge >= 0.3 is 4.87 Å². The smallest absolute Gasteiger partial charge is 0.322 e. The molecule has 1 aliphatic rings. The summed E-state index contributed by atoms with van der Waals surface area (Å²) in [4.78, 5) is 30.1. The summed E-state index contributed by atoms with van der Waals surface area (Å²) < 4.78 is 5.89. The average Bonchev–Trinajstić information content (AvgIpc) is 3.67. The number of amides is 1.